The van der Waals surface area contributed by atoms with Gasteiger partial charge in [-0.1, -0.05) is 0 Å². The van der Waals surface area contributed by atoms with E-state index in [0.29, 0.717) is 19.1 Å². The van der Waals surface area contributed by atoms with E-state index in [1.807, 2.05) is 13.8 Å². The van der Waals surface area contributed by atoms with E-state index in [-0.39, 0.29) is 24.4 Å². The summed E-state index contributed by atoms with van der Waals surface area (Å²) in [6.07, 6.45) is 0. The van der Waals surface area contributed by atoms with Crippen LogP contribution in [-0.2, 0) is 4.79 Å². The zero-order chi connectivity index (χ0) is 14.3. The second-order valence-corrected chi connectivity index (χ2v) is 3.63. The first kappa shape index (κ1) is 14.9. The van der Waals surface area contributed by atoms with Gasteiger partial charge in [0.2, 0.25) is 17.8 Å². The number of nitrogens with zero attached hydrogens (tertiary/aromatic N) is 4. The third-order valence-electron chi connectivity index (χ3n) is 2.10. The lowest BCUT2D eigenvalue weighted by Crippen LogP contribution is -2.36. The fourth-order valence-electron chi connectivity index (χ4n) is 1.31. The van der Waals surface area contributed by atoms with Gasteiger partial charge >= 0.3 is 6.01 Å². The van der Waals surface area contributed by atoms with Crippen LogP contribution in [0.4, 0.5) is 11.9 Å². The van der Waals surface area contributed by atoms with E-state index >= 15 is 0 Å². The predicted molar refractivity (Wildman–Crippen MR) is 70.8 cm³/mol. The van der Waals surface area contributed by atoms with Crippen LogP contribution in [0.3, 0.4) is 0 Å². The molecular formula is C10H19N7O2. The summed E-state index contributed by atoms with van der Waals surface area (Å²) in [5.41, 5.74) is 2.33. The molecule has 9 nitrogen and oxygen atoms in total. The second-order valence-electron chi connectivity index (χ2n) is 3.63. The van der Waals surface area contributed by atoms with E-state index in [9.17, 15) is 4.79 Å². The van der Waals surface area contributed by atoms with Crippen molar-refractivity contribution in [2.75, 3.05) is 37.1 Å². The van der Waals surface area contributed by atoms with Crippen LogP contribution in [0.5, 0.6) is 6.01 Å². The van der Waals surface area contributed by atoms with Crippen LogP contribution in [0.25, 0.3) is 0 Å². The smallest absolute Gasteiger partial charge is 0.323 e. The topological polar surface area (TPSA) is 118 Å². The van der Waals surface area contributed by atoms with Gasteiger partial charge in [0.15, 0.2) is 0 Å². The average Bonchev–Trinajstić information content (AvgIpc) is 2.38. The van der Waals surface area contributed by atoms with Gasteiger partial charge in [-0.3, -0.25) is 10.2 Å². The third-order valence-corrected chi connectivity index (χ3v) is 2.10. The molecule has 9 heteroatoms. The number of carbonyl (C=O) groups excluding carboxylic acids is 1. The fraction of sp³-hybridized carbons (Fsp3) is 0.600. The molecule has 0 aromatic carbocycles. The number of nitrogen functional groups attached to an aromatic ring is 1. The van der Waals surface area contributed by atoms with Crippen molar-refractivity contribution in [2.24, 2.45) is 5.84 Å². The molecule has 0 fully saturated rings. The number of anilines is 2. The molecule has 0 radical (unpaired) electrons. The van der Waals surface area contributed by atoms with Gasteiger partial charge in [-0.25, -0.2) is 5.84 Å². The van der Waals surface area contributed by atoms with Crippen molar-refractivity contribution >= 4 is 17.8 Å². The van der Waals surface area contributed by atoms with Gasteiger partial charge in [-0.15, -0.1) is 0 Å². The maximum absolute atomic E-state index is 11.5. The van der Waals surface area contributed by atoms with E-state index in [1.54, 1.807) is 11.9 Å². The van der Waals surface area contributed by atoms with Crippen LogP contribution < -0.4 is 26.2 Å². The molecule has 106 valence electrons. The van der Waals surface area contributed by atoms with Gasteiger partial charge in [0.05, 0.1) is 13.2 Å². The van der Waals surface area contributed by atoms with Crippen molar-refractivity contribution in [3.8, 4) is 6.01 Å². The van der Waals surface area contributed by atoms with Gasteiger partial charge < -0.3 is 15.0 Å². The average molecular weight is 269 g/mol. The zero-order valence-electron chi connectivity index (χ0n) is 11.3. The van der Waals surface area contributed by atoms with E-state index in [2.05, 4.69) is 25.7 Å². The predicted octanol–water partition coefficient (Wildman–Crippen LogP) is -0.872. The molecule has 1 rings (SSSR count). The number of amides is 1. The van der Waals surface area contributed by atoms with Crippen LogP contribution in [0.15, 0.2) is 0 Å². The lowest BCUT2D eigenvalue weighted by molar-refractivity contribution is -0.119. The van der Waals surface area contributed by atoms with Crippen LogP contribution in [-0.4, -0.2) is 47.6 Å². The van der Waals surface area contributed by atoms with Crippen molar-refractivity contribution in [2.45, 2.75) is 13.8 Å². The summed E-state index contributed by atoms with van der Waals surface area (Å²) in [5, 5.41) is 2.69. The van der Waals surface area contributed by atoms with Crippen molar-refractivity contribution in [1.29, 1.82) is 0 Å². The molecule has 1 amide bonds. The molecule has 0 saturated heterocycles. The normalized spacial score (nSPS) is 9.89. The van der Waals surface area contributed by atoms with Crippen molar-refractivity contribution in [1.82, 2.24) is 20.3 Å². The first-order valence-electron chi connectivity index (χ1n) is 5.94. The maximum Gasteiger partial charge on any atom is 0.323 e. The third kappa shape index (κ3) is 4.54. The molecule has 0 aliphatic rings. The molecule has 1 heterocycles. The highest BCUT2D eigenvalue weighted by atomic mass is 16.5. The summed E-state index contributed by atoms with van der Waals surface area (Å²) < 4.78 is 5.21. The molecule has 0 aliphatic carbocycles. The number of rotatable bonds is 7. The Kier molecular flexibility index (Phi) is 5.73. The van der Waals surface area contributed by atoms with E-state index < -0.39 is 0 Å². The lowest BCUT2D eigenvalue weighted by atomic mass is 10.5. The Hall–Kier alpha value is -2.16. The number of carbonyl (C=O) groups is 1. The van der Waals surface area contributed by atoms with Crippen molar-refractivity contribution in [3.05, 3.63) is 0 Å². The molecule has 0 spiro atoms. The Morgan fingerprint density at radius 3 is 2.68 bits per heavy atom. The van der Waals surface area contributed by atoms with Gasteiger partial charge in [-0.2, -0.15) is 15.0 Å². The quantitative estimate of drug-likeness (QED) is 0.432. The number of nitrogens with two attached hydrogens (primary N) is 1. The highest BCUT2D eigenvalue weighted by Gasteiger charge is 2.13. The minimum Gasteiger partial charge on any atom is -0.464 e. The second kappa shape index (κ2) is 7.31. The van der Waals surface area contributed by atoms with Crippen LogP contribution in [0.1, 0.15) is 13.8 Å². The molecule has 4 N–H and O–H groups in total. The molecule has 0 unspecified atom stereocenters. The van der Waals surface area contributed by atoms with Crippen LogP contribution >= 0.6 is 0 Å². The number of hydrogen-bond donors (Lipinski definition) is 3. The summed E-state index contributed by atoms with van der Waals surface area (Å²) in [6, 6.07) is 0.156. The summed E-state index contributed by atoms with van der Waals surface area (Å²) in [7, 11) is 1.70. The van der Waals surface area contributed by atoms with Gasteiger partial charge in [0.1, 0.15) is 0 Å². The molecule has 0 saturated carbocycles. The number of nitrogens with one attached hydrogen (secondary N) is 2. The highest BCUT2D eigenvalue weighted by Crippen LogP contribution is 2.13. The van der Waals surface area contributed by atoms with Gasteiger partial charge in [0.25, 0.3) is 0 Å². The Morgan fingerprint density at radius 2 is 2.11 bits per heavy atom. The van der Waals surface area contributed by atoms with E-state index in [1.165, 1.54) is 0 Å². The zero-order valence-corrected chi connectivity index (χ0v) is 11.3. The maximum atomic E-state index is 11.5. The lowest BCUT2D eigenvalue weighted by Gasteiger charge is -2.17. The van der Waals surface area contributed by atoms with Crippen LogP contribution in [0.2, 0.25) is 0 Å². The van der Waals surface area contributed by atoms with Crippen molar-refractivity contribution < 1.29 is 9.53 Å². The minimum atomic E-state index is -0.120. The molecule has 0 atom stereocenters. The first-order valence-corrected chi connectivity index (χ1v) is 5.94. The van der Waals surface area contributed by atoms with Gasteiger partial charge in [0, 0.05) is 13.6 Å². The monoisotopic (exact) mass is 269 g/mol. The molecule has 0 bridgehead atoms. The molecular weight excluding hydrogens is 250 g/mol. The Balaban J connectivity index is 2.85. The Morgan fingerprint density at radius 1 is 1.37 bits per heavy atom. The SMILES string of the molecule is CCNC(=O)CN(C)c1nc(NN)nc(OCC)n1. The van der Waals surface area contributed by atoms with E-state index in [0.717, 1.165) is 0 Å². The van der Waals surface area contributed by atoms with Crippen LogP contribution in [0, 0.1) is 0 Å². The summed E-state index contributed by atoms with van der Waals surface area (Å²) in [6.45, 7) is 4.80. The first-order chi connectivity index (χ1) is 9.10. The number of ether oxygens (including phenoxy) is 1. The standard InChI is InChI=1S/C10H19N7O2/c1-4-12-7(18)6-17(3)9-13-8(16-11)14-10(15-9)19-5-2/h4-6,11H2,1-3H3,(H,12,18)(H,13,14,15,16). The van der Waals surface area contributed by atoms with E-state index in [4.69, 9.17) is 10.6 Å². The largest absolute Gasteiger partial charge is 0.464 e. The minimum absolute atomic E-state index is 0.120. The Labute approximate surface area is 111 Å². The highest BCUT2D eigenvalue weighted by molar-refractivity contribution is 5.80. The molecule has 19 heavy (non-hydrogen) atoms. The summed E-state index contributed by atoms with van der Waals surface area (Å²) >= 11 is 0. The number of hydrazine groups is 1. The number of likely N-dealkylation sites (N-methyl/N-ethyl adjacent to an activating group) is 2. The fourth-order valence-corrected chi connectivity index (χ4v) is 1.31. The molecule has 1 aromatic heterocycles. The Bertz CT molecular complexity index is 426. The van der Waals surface area contributed by atoms with Crippen molar-refractivity contribution in [3.63, 3.8) is 0 Å². The summed E-state index contributed by atoms with van der Waals surface area (Å²) in [4.78, 5) is 25.2. The molecule has 1 aromatic rings. The summed E-state index contributed by atoms with van der Waals surface area (Å²) in [5.74, 6) is 5.64. The number of aromatic nitrogens is 3. The number of hydrogen-bond acceptors (Lipinski definition) is 8. The van der Waals surface area contributed by atoms with Gasteiger partial charge in [-0.05, 0) is 13.8 Å². The molecule has 0 aliphatic heterocycles.